The van der Waals surface area contributed by atoms with E-state index in [0.29, 0.717) is 23.0 Å². The van der Waals surface area contributed by atoms with Crippen molar-refractivity contribution in [1.82, 2.24) is 4.98 Å². The van der Waals surface area contributed by atoms with Gasteiger partial charge in [0, 0.05) is 25.1 Å². The fourth-order valence-electron chi connectivity index (χ4n) is 3.72. The number of ketones is 1. The Morgan fingerprint density at radius 1 is 1.22 bits per heavy atom. The molecule has 2 heterocycles. The summed E-state index contributed by atoms with van der Waals surface area (Å²) >= 11 is 1.24. The average molecular weight is 383 g/mol. The Hall–Kier alpha value is -2.54. The van der Waals surface area contributed by atoms with Crippen LogP contribution < -0.4 is 10.2 Å². The predicted octanol–water partition coefficient (Wildman–Crippen LogP) is 3.29. The number of fused-ring (bicyclic) bond motifs is 1. The zero-order chi connectivity index (χ0) is 19.2. The van der Waals surface area contributed by atoms with Crippen molar-refractivity contribution in [3.8, 4) is 0 Å². The maximum absolute atomic E-state index is 12.7. The summed E-state index contributed by atoms with van der Waals surface area (Å²) < 4.78 is 0. The Bertz CT molecular complexity index is 920. The second-order valence-electron chi connectivity index (χ2n) is 7.97. The molecule has 0 bridgehead atoms. The van der Waals surface area contributed by atoms with Crippen LogP contribution in [0.2, 0.25) is 0 Å². The summed E-state index contributed by atoms with van der Waals surface area (Å²) in [5.74, 6) is -0.618. The minimum atomic E-state index is -0.425. The quantitative estimate of drug-likeness (QED) is 0.882. The number of carbonyl (C=O) groups is 3. The van der Waals surface area contributed by atoms with E-state index in [2.05, 4.69) is 10.3 Å². The van der Waals surface area contributed by atoms with Gasteiger partial charge in [-0.3, -0.25) is 14.4 Å². The first-order valence-corrected chi connectivity index (χ1v) is 9.83. The first kappa shape index (κ1) is 17.9. The van der Waals surface area contributed by atoms with Crippen LogP contribution >= 0.6 is 11.3 Å². The van der Waals surface area contributed by atoms with Crippen LogP contribution in [0.3, 0.4) is 0 Å². The molecule has 1 fully saturated rings. The molecular weight excluding hydrogens is 362 g/mol. The van der Waals surface area contributed by atoms with Crippen molar-refractivity contribution in [3.63, 3.8) is 0 Å². The molecule has 7 heteroatoms. The Labute approximate surface area is 161 Å². The van der Waals surface area contributed by atoms with Gasteiger partial charge >= 0.3 is 0 Å². The highest BCUT2D eigenvalue weighted by Gasteiger charge is 2.37. The zero-order valence-electron chi connectivity index (χ0n) is 15.3. The standard InChI is InChI=1S/C20H21N3O3S/c1-20(2)9-14-17(15(24)10-20)27-19(21-14)22-18(26)12-8-16(25)23(11-12)13-6-4-3-5-7-13/h3-7,12H,8-11H2,1-2H3,(H,21,22,26). The summed E-state index contributed by atoms with van der Waals surface area (Å²) in [6.45, 7) is 4.45. The second-order valence-corrected chi connectivity index (χ2v) is 8.97. The largest absolute Gasteiger partial charge is 0.312 e. The van der Waals surface area contributed by atoms with Crippen molar-refractivity contribution >= 4 is 39.8 Å². The highest BCUT2D eigenvalue weighted by molar-refractivity contribution is 7.17. The molecule has 2 aliphatic rings. The number of hydrogen-bond acceptors (Lipinski definition) is 5. The van der Waals surface area contributed by atoms with Gasteiger partial charge in [-0.15, -0.1) is 0 Å². The highest BCUT2D eigenvalue weighted by atomic mass is 32.1. The van der Waals surface area contributed by atoms with Gasteiger partial charge in [0.05, 0.1) is 16.5 Å². The van der Waals surface area contributed by atoms with Crippen molar-refractivity contribution in [1.29, 1.82) is 0 Å². The fourth-order valence-corrected chi connectivity index (χ4v) is 4.64. The number of rotatable bonds is 3. The van der Waals surface area contributed by atoms with Crippen LogP contribution in [-0.4, -0.2) is 29.1 Å². The Balaban J connectivity index is 1.46. The molecule has 1 aromatic carbocycles. The third-order valence-corrected chi connectivity index (χ3v) is 6.08. The van der Waals surface area contributed by atoms with Gasteiger partial charge in [-0.05, 0) is 24.0 Å². The number of carbonyl (C=O) groups excluding carboxylic acids is 3. The van der Waals surface area contributed by atoms with Crippen LogP contribution in [-0.2, 0) is 16.0 Å². The molecule has 2 amide bonds. The molecule has 1 unspecified atom stereocenters. The van der Waals surface area contributed by atoms with Crippen LogP contribution in [0, 0.1) is 11.3 Å². The average Bonchev–Trinajstić information content (AvgIpc) is 3.18. The summed E-state index contributed by atoms with van der Waals surface area (Å²) in [5, 5.41) is 3.26. The first-order chi connectivity index (χ1) is 12.8. The molecule has 0 radical (unpaired) electrons. The monoisotopic (exact) mass is 383 g/mol. The zero-order valence-corrected chi connectivity index (χ0v) is 16.1. The van der Waals surface area contributed by atoms with E-state index in [-0.39, 0.29) is 29.4 Å². The van der Waals surface area contributed by atoms with Crippen molar-refractivity contribution in [2.45, 2.75) is 33.1 Å². The van der Waals surface area contributed by atoms with E-state index in [1.54, 1.807) is 4.90 Å². The lowest BCUT2D eigenvalue weighted by Gasteiger charge is -2.26. The molecule has 1 saturated heterocycles. The number of thiazole rings is 1. The molecule has 27 heavy (non-hydrogen) atoms. The number of nitrogens with zero attached hydrogens (tertiary/aromatic N) is 2. The van der Waals surface area contributed by atoms with Gasteiger partial charge in [-0.1, -0.05) is 43.4 Å². The number of aromatic nitrogens is 1. The lowest BCUT2D eigenvalue weighted by Crippen LogP contribution is -2.28. The molecule has 0 spiro atoms. The van der Waals surface area contributed by atoms with E-state index < -0.39 is 5.92 Å². The molecule has 1 N–H and O–H groups in total. The summed E-state index contributed by atoms with van der Waals surface area (Å²) in [6.07, 6.45) is 1.40. The molecule has 1 aliphatic heterocycles. The molecule has 2 aromatic rings. The van der Waals surface area contributed by atoms with Crippen molar-refractivity contribution < 1.29 is 14.4 Å². The number of amides is 2. The molecule has 1 aromatic heterocycles. The highest BCUT2D eigenvalue weighted by Crippen LogP contribution is 2.38. The van der Waals surface area contributed by atoms with Crippen LogP contribution in [0.4, 0.5) is 10.8 Å². The van der Waals surface area contributed by atoms with Gasteiger partial charge in [0.25, 0.3) is 0 Å². The normalized spacial score (nSPS) is 21.3. The van der Waals surface area contributed by atoms with Gasteiger partial charge in [0.1, 0.15) is 0 Å². The maximum atomic E-state index is 12.7. The van der Waals surface area contributed by atoms with Crippen LogP contribution in [0.25, 0.3) is 0 Å². The molecule has 6 nitrogen and oxygen atoms in total. The van der Waals surface area contributed by atoms with Gasteiger partial charge in [0.2, 0.25) is 11.8 Å². The molecule has 4 rings (SSSR count). The third-order valence-electron chi connectivity index (χ3n) is 5.03. The molecule has 140 valence electrons. The first-order valence-electron chi connectivity index (χ1n) is 9.01. The Morgan fingerprint density at radius 2 is 1.96 bits per heavy atom. The maximum Gasteiger partial charge on any atom is 0.231 e. The van der Waals surface area contributed by atoms with Gasteiger partial charge in [-0.2, -0.15) is 0 Å². The number of benzene rings is 1. The van der Waals surface area contributed by atoms with Crippen molar-refractivity contribution in [3.05, 3.63) is 40.9 Å². The van der Waals surface area contributed by atoms with E-state index in [1.807, 2.05) is 44.2 Å². The molecular formula is C20H21N3O3S. The SMILES string of the molecule is CC1(C)CC(=O)c2sc(NC(=O)C3CC(=O)N(c4ccccc4)C3)nc2C1. The number of nitrogens with one attached hydrogen (secondary N) is 1. The van der Waals surface area contributed by atoms with Crippen LogP contribution in [0.15, 0.2) is 30.3 Å². The lowest BCUT2D eigenvalue weighted by molar-refractivity contribution is -0.122. The number of anilines is 2. The number of hydrogen-bond donors (Lipinski definition) is 1. The van der Waals surface area contributed by atoms with Gasteiger partial charge in [0.15, 0.2) is 10.9 Å². The van der Waals surface area contributed by atoms with E-state index in [9.17, 15) is 14.4 Å². The molecule has 0 saturated carbocycles. The van der Waals surface area contributed by atoms with Crippen molar-refractivity contribution in [2.75, 3.05) is 16.8 Å². The number of para-hydroxylation sites is 1. The fraction of sp³-hybridized carbons (Fsp3) is 0.400. The van der Waals surface area contributed by atoms with E-state index in [4.69, 9.17) is 0 Å². The van der Waals surface area contributed by atoms with Crippen LogP contribution in [0.5, 0.6) is 0 Å². The van der Waals surface area contributed by atoms with Gasteiger partial charge in [-0.25, -0.2) is 4.98 Å². The minimum Gasteiger partial charge on any atom is -0.312 e. The summed E-state index contributed by atoms with van der Waals surface area (Å²) in [4.78, 5) is 44.0. The summed E-state index contributed by atoms with van der Waals surface area (Å²) in [5.41, 5.74) is 1.47. The minimum absolute atomic E-state index is 0.0586. The lowest BCUT2D eigenvalue weighted by atomic mass is 9.78. The Morgan fingerprint density at radius 3 is 2.70 bits per heavy atom. The smallest absolute Gasteiger partial charge is 0.231 e. The Kier molecular flexibility index (Phi) is 4.34. The third kappa shape index (κ3) is 3.51. The van der Waals surface area contributed by atoms with Crippen LogP contribution in [0.1, 0.15) is 42.1 Å². The summed E-state index contributed by atoms with van der Waals surface area (Å²) in [7, 11) is 0. The summed E-state index contributed by atoms with van der Waals surface area (Å²) in [6, 6.07) is 9.35. The predicted molar refractivity (Wildman–Crippen MR) is 104 cm³/mol. The van der Waals surface area contributed by atoms with E-state index >= 15 is 0 Å². The molecule has 1 aliphatic carbocycles. The van der Waals surface area contributed by atoms with E-state index in [0.717, 1.165) is 17.8 Å². The topological polar surface area (TPSA) is 79.4 Å². The molecule has 1 atom stereocenters. The van der Waals surface area contributed by atoms with Gasteiger partial charge < -0.3 is 10.2 Å². The van der Waals surface area contributed by atoms with Crippen molar-refractivity contribution in [2.24, 2.45) is 11.3 Å². The van der Waals surface area contributed by atoms with E-state index in [1.165, 1.54) is 11.3 Å². The second kappa shape index (κ2) is 6.56. The number of Topliss-reactive ketones (excluding diaryl/α,β-unsaturated/α-hetero) is 1.